The third-order valence-electron chi connectivity index (χ3n) is 3.02. The summed E-state index contributed by atoms with van der Waals surface area (Å²) in [4.78, 5) is 12.0. The minimum atomic E-state index is -0.701. The van der Waals surface area contributed by atoms with E-state index < -0.39 is 5.97 Å². The molecular weight excluding hydrogens is 296 g/mol. The molecule has 6 heteroatoms. The second kappa shape index (κ2) is 7.79. The number of furan rings is 1. The number of esters is 1. The fourth-order valence-corrected chi connectivity index (χ4v) is 2.02. The summed E-state index contributed by atoms with van der Waals surface area (Å²) in [5.41, 5.74) is 0.793. The van der Waals surface area contributed by atoms with Crippen molar-refractivity contribution in [3.05, 3.63) is 58.5 Å². The highest BCUT2D eigenvalue weighted by molar-refractivity contribution is 5.94. The van der Waals surface area contributed by atoms with Crippen molar-refractivity contribution < 1.29 is 18.7 Å². The molecule has 0 amide bonds. The molecule has 0 saturated heterocycles. The average molecular weight is 310 g/mol. The summed E-state index contributed by atoms with van der Waals surface area (Å²) in [6.45, 7) is 2.08. The van der Waals surface area contributed by atoms with Crippen molar-refractivity contribution in [2.45, 2.75) is 20.1 Å². The van der Waals surface area contributed by atoms with Gasteiger partial charge in [-0.2, -0.15) is 10.5 Å². The summed E-state index contributed by atoms with van der Waals surface area (Å²) in [7, 11) is 0. The number of hydrogen-bond donors (Lipinski definition) is 0. The van der Waals surface area contributed by atoms with Crippen LogP contribution in [0, 0.1) is 22.7 Å². The average Bonchev–Trinajstić information content (AvgIpc) is 2.93. The number of carbonyl (C=O) groups is 1. The first-order valence-corrected chi connectivity index (χ1v) is 6.95. The van der Waals surface area contributed by atoms with E-state index in [-0.39, 0.29) is 35.9 Å². The van der Waals surface area contributed by atoms with Crippen molar-refractivity contribution in [2.24, 2.45) is 0 Å². The molecule has 23 heavy (non-hydrogen) atoms. The van der Waals surface area contributed by atoms with Crippen LogP contribution < -0.4 is 0 Å². The van der Waals surface area contributed by atoms with Crippen LogP contribution in [0.1, 0.15) is 39.9 Å². The van der Waals surface area contributed by atoms with Gasteiger partial charge in [-0.1, -0.05) is 30.3 Å². The lowest BCUT2D eigenvalue weighted by Crippen LogP contribution is -2.09. The van der Waals surface area contributed by atoms with Gasteiger partial charge in [-0.05, 0) is 12.5 Å². The highest BCUT2D eigenvalue weighted by Gasteiger charge is 2.27. The Hall–Kier alpha value is -3.09. The van der Waals surface area contributed by atoms with Gasteiger partial charge >= 0.3 is 5.97 Å². The van der Waals surface area contributed by atoms with Gasteiger partial charge < -0.3 is 13.9 Å². The molecular formula is C17H14N2O4. The van der Waals surface area contributed by atoms with Crippen LogP contribution in [-0.4, -0.2) is 12.6 Å². The summed E-state index contributed by atoms with van der Waals surface area (Å²) in [5.74, 6) is -0.797. The smallest absolute Gasteiger partial charge is 0.343 e. The molecule has 0 atom stereocenters. The van der Waals surface area contributed by atoms with E-state index in [1.54, 1.807) is 13.0 Å². The number of carbonyl (C=O) groups excluding carboxylic acids is 1. The molecule has 116 valence electrons. The first-order chi connectivity index (χ1) is 11.2. The van der Waals surface area contributed by atoms with Crippen molar-refractivity contribution in [3.63, 3.8) is 0 Å². The van der Waals surface area contributed by atoms with Gasteiger partial charge in [-0.25, -0.2) is 4.79 Å². The topological polar surface area (TPSA) is 96.2 Å². The fraction of sp³-hybridized carbons (Fsp3) is 0.235. The van der Waals surface area contributed by atoms with Gasteiger partial charge in [0, 0.05) is 0 Å². The third kappa shape index (κ3) is 3.76. The molecule has 1 aromatic heterocycles. The van der Waals surface area contributed by atoms with Gasteiger partial charge in [0.05, 0.1) is 13.2 Å². The maximum absolute atomic E-state index is 12.0. The van der Waals surface area contributed by atoms with Crippen molar-refractivity contribution in [2.75, 3.05) is 6.61 Å². The Morgan fingerprint density at radius 2 is 1.91 bits per heavy atom. The Bertz CT molecular complexity index is 766. The zero-order valence-electron chi connectivity index (χ0n) is 12.5. The number of hydrogen-bond acceptors (Lipinski definition) is 6. The van der Waals surface area contributed by atoms with Gasteiger partial charge in [-0.15, -0.1) is 0 Å². The second-order valence-electron chi connectivity index (χ2n) is 4.53. The zero-order chi connectivity index (χ0) is 16.7. The summed E-state index contributed by atoms with van der Waals surface area (Å²) in [6, 6.07) is 13.0. The molecule has 0 aliphatic heterocycles. The molecule has 0 radical (unpaired) electrons. The van der Waals surface area contributed by atoms with Crippen LogP contribution in [0.25, 0.3) is 0 Å². The van der Waals surface area contributed by atoms with Crippen LogP contribution in [-0.2, 0) is 22.7 Å². The molecule has 6 nitrogen and oxygen atoms in total. The highest BCUT2D eigenvalue weighted by atomic mass is 16.5. The number of benzene rings is 1. The number of rotatable bonds is 6. The van der Waals surface area contributed by atoms with Gasteiger partial charge in [0.15, 0.2) is 0 Å². The number of ether oxygens (including phenoxy) is 2. The predicted molar refractivity (Wildman–Crippen MR) is 79.0 cm³/mol. The maximum atomic E-state index is 12.0. The lowest BCUT2D eigenvalue weighted by atomic mass is 10.1. The molecule has 0 fully saturated rings. The van der Waals surface area contributed by atoms with Crippen LogP contribution in [0.5, 0.6) is 0 Å². The van der Waals surface area contributed by atoms with Gasteiger partial charge in [0.25, 0.3) is 0 Å². The molecule has 0 aliphatic carbocycles. The molecule has 2 aromatic rings. The molecule has 0 bridgehead atoms. The van der Waals surface area contributed by atoms with Gasteiger partial charge in [-0.3, -0.25) is 0 Å². The normalized spacial score (nSPS) is 9.87. The standard InChI is InChI=1S/C17H14N2O4/c1-2-22-17(20)16-13(8-18)14(9-19)23-15(16)11-21-10-12-6-4-3-5-7-12/h3-7H,2,10-11H2,1H3. The SMILES string of the molecule is CCOC(=O)c1c(COCc2ccccc2)oc(C#N)c1C#N. The summed E-state index contributed by atoms with van der Waals surface area (Å²) in [5, 5.41) is 18.2. The monoisotopic (exact) mass is 310 g/mol. The largest absolute Gasteiger partial charge is 0.462 e. The predicted octanol–water partition coefficient (Wildman–Crippen LogP) is 2.92. The minimum Gasteiger partial charge on any atom is -0.462 e. The van der Waals surface area contributed by atoms with E-state index in [1.165, 1.54) is 0 Å². The molecule has 1 heterocycles. The first-order valence-electron chi connectivity index (χ1n) is 6.95. The molecule has 0 spiro atoms. The quantitative estimate of drug-likeness (QED) is 0.761. The van der Waals surface area contributed by atoms with E-state index >= 15 is 0 Å². The lowest BCUT2D eigenvalue weighted by molar-refractivity contribution is 0.0508. The van der Waals surface area contributed by atoms with Gasteiger partial charge in [0.1, 0.15) is 35.6 Å². The highest BCUT2D eigenvalue weighted by Crippen LogP contribution is 2.24. The van der Waals surface area contributed by atoms with Crippen LogP contribution in [0.15, 0.2) is 34.7 Å². The van der Waals surface area contributed by atoms with Crippen molar-refractivity contribution in [3.8, 4) is 12.1 Å². The van der Waals surface area contributed by atoms with Crippen LogP contribution in [0.2, 0.25) is 0 Å². The first kappa shape index (κ1) is 16.3. The number of nitriles is 2. The Balaban J connectivity index is 2.20. The lowest BCUT2D eigenvalue weighted by Gasteiger charge is -2.05. The zero-order valence-corrected chi connectivity index (χ0v) is 12.5. The third-order valence-corrected chi connectivity index (χ3v) is 3.02. The molecule has 0 saturated carbocycles. The summed E-state index contributed by atoms with van der Waals surface area (Å²) in [6.07, 6.45) is 0. The second-order valence-corrected chi connectivity index (χ2v) is 4.53. The Kier molecular flexibility index (Phi) is 5.51. The Morgan fingerprint density at radius 1 is 1.17 bits per heavy atom. The van der Waals surface area contributed by atoms with Crippen LogP contribution in [0.4, 0.5) is 0 Å². The van der Waals surface area contributed by atoms with E-state index in [4.69, 9.17) is 24.4 Å². The minimum absolute atomic E-state index is 0.0423. The Morgan fingerprint density at radius 3 is 2.52 bits per heavy atom. The molecule has 0 aliphatic rings. The molecule has 0 N–H and O–H groups in total. The Labute approximate surface area is 133 Å². The summed E-state index contributed by atoms with van der Waals surface area (Å²) < 4.78 is 15.7. The van der Waals surface area contributed by atoms with Crippen molar-refractivity contribution in [1.82, 2.24) is 0 Å². The van der Waals surface area contributed by atoms with Crippen molar-refractivity contribution in [1.29, 1.82) is 10.5 Å². The molecule has 2 rings (SSSR count). The van der Waals surface area contributed by atoms with E-state index in [0.717, 1.165) is 5.56 Å². The van der Waals surface area contributed by atoms with Crippen molar-refractivity contribution >= 4 is 5.97 Å². The fourth-order valence-electron chi connectivity index (χ4n) is 2.02. The number of nitrogens with zero attached hydrogens (tertiary/aromatic N) is 2. The molecule has 0 unspecified atom stereocenters. The van der Waals surface area contributed by atoms with E-state index in [1.807, 2.05) is 36.4 Å². The van der Waals surface area contributed by atoms with E-state index in [0.29, 0.717) is 6.61 Å². The van der Waals surface area contributed by atoms with Gasteiger partial charge in [0.2, 0.25) is 5.76 Å². The van der Waals surface area contributed by atoms with Crippen LogP contribution in [0.3, 0.4) is 0 Å². The summed E-state index contributed by atoms with van der Waals surface area (Å²) >= 11 is 0. The van der Waals surface area contributed by atoms with E-state index in [9.17, 15) is 4.79 Å². The maximum Gasteiger partial charge on any atom is 0.343 e. The van der Waals surface area contributed by atoms with E-state index in [2.05, 4.69) is 0 Å². The van der Waals surface area contributed by atoms with Crippen LogP contribution >= 0.6 is 0 Å². The molecule has 1 aromatic carbocycles.